The van der Waals surface area contributed by atoms with E-state index < -0.39 is 0 Å². The molecule has 2 rings (SSSR count). The summed E-state index contributed by atoms with van der Waals surface area (Å²) in [5, 5.41) is 21.2. The number of hydrogen-bond donors (Lipinski definition) is 2. The van der Waals surface area contributed by atoms with E-state index in [1.54, 1.807) is 0 Å². The van der Waals surface area contributed by atoms with Gasteiger partial charge in [-0.05, 0) is 80.7 Å². The van der Waals surface area contributed by atoms with E-state index in [-0.39, 0.29) is 21.7 Å². The summed E-state index contributed by atoms with van der Waals surface area (Å²) in [6, 6.07) is 8.78. The SMILES string of the molecule is CCCCc1cc(C(C)(C)C)c(O)c(C(C)(C)C)c1.CCCCc1cc(C(C)(C)C)c(O)c(C(C)(C)C)c1. The number of aromatic hydroxyl groups is 2. The van der Waals surface area contributed by atoms with Gasteiger partial charge in [-0.25, -0.2) is 0 Å². The predicted octanol–water partition coefficient (Wildman–Crippen LogP) is 10.7. The molecule has 2 aromatic rings. The van der Waals surface area contributed by atoms with Gasteiger partial charge < -0.3 is 10.2 Å². The van der Waals surface area contributed by atoms with Crippen molar-refractivity contribution < 1.29 is 10.2 Å². The Kier molecular flexibility index (Phi) is 11.6. The number of unbranched alkanes of at least 4 members (excludes halogenated alkanes) is 2. The van der Waals surface area contributed by atoms with Crippen molar-refractivity contribution in [1.82, 2.24) is 0 Å². The summed E-state index contributed by atoms with van der Waals surface area (Å²) in [5.74, 6) is 0.973. The van der Waals surface area contributed by atoms with Crippen LogP contribution in [0.15, 0.2) is 24.3 Å². The highest BCUT2D eigenvalue weighted by Gasteiger charge is 2.27. The molecule has 38 heavy (non-hydrogen) atoms. The first kappa shape index (κ1) is 34.1. The van der Waals surface area contributed by atoms with Gasteiger partial charge in [-0.2, -0.15) is 0 Å². The van der Waals surface area contributed by atoms with Gasteiger partial charge in [0.2, 0.25) is 0 Å². The summed E-state index contributed by atoms with van der Waals surface area (Å²) in [7, 11) is 0. The van der Waals surface area contributed by atoms with Crippen molar-refractivity contribution in [3.8, 4) is 11.5 Å². The van der Waals surface area contributed by atoms with Gasteiger partial charge in [-0.3, -0.25) is 0 Å². The second-order valence-electron chi connectivity index (χ2n) is 15.3. The second-order valence-corrected chi connectivity index (χ2v) is 15.3. The molecular formula is C36H60O2. The lowest BCUT2D eigenvalue weighted by Gasteiger charge is -2.28. The van der Waals surface area contributed by atoms with Crippen LogP contribution < -0.4 is 0 Å². The summed E-state index contributed by atoms with van der Waals surface area (Å²) in [4.78, 5) is 0. The van der Waals surface area contributed by atoms with Gasteiger partial charge in [0.25, 0.3) is 0 Å². The molecule has 2 heteroatoms. The number of phenols is 2. The first-order valence-corrected chi connectivity index (χ1v) is 14.9. The van der Waals surface area contributed by atoms with Gasteiger partial charge >= 0.3 is 0 Å². The first-order valence-electron chi connectivity index (χ1n) is 14.9. The van der Waals surface area contributed by atoms with Gasteiger partial charge in [-0.15, -0.1) is 0 Å². The van der Waals surface area contributed by atoms with Crippen molar-refractivity contribution in [2.45, 2.75) is 157 Å². The van der Waals surface area contributed by atoms with Crippen LogP contribution in [0.4, 0.5) is 0 Å². The predicted molar refractivity (Wildman–Crippen MR) is 168 cm³/mol. The first-order chi connectivity index (χ1) is 17.1. The highest BCUT2D eigenvalue weighted by atomic mass is 16.3. The monoisotopic (exact) mass is 524 g/mol. The molecular weight excluding hydrogens is 464 g/mol. The molecule has 0 aromatic heterocycles. The number of phenolic OH excluding ortho intramolecular Hbond substituents is 2. The molecule has 0 heterocycles. The minimum absolute atomic E-state index is 0.0215. The van der Waals surface area contributed by atoms with Crippen molar-refractivity contribution >= 4 is 0 Å². The Morgan fingerprint density at radius 3 is 0.816 bits per heavy atom. The Hall–Kier alpha value is -1.96. The Balaban J connectivity index is 0.000000380. The van der Waals surface area contributed by atoms with Crippen LogP contribution in [0.3, 0.4) is 0 Å². The fourth-order valence-electron chi connectivity index (χ4n) is 4.73. The average Bonchev–Trinajstić information content (AvgIpc) is 2.74. The second kappa shape index (κ2) is 12.9. The van der Waals surface area contributed by atoms with Gasteiger partial charge in [-0.1, -0.05) is 134 Å². The van der Waals surface area contributed by atoms with Crippen LogP contribution in [0.25, 0.3) is 0 Å². The highest BCUT2D eigenvalue weighted by molar-refractivity contribution is 5.51. The van der Waals surface area contributed by atoms with Crippen molar-refractivity contribution in [1.29, 1.82) is 0 Å². The van der Waals surface area contributed by atoms with E-state index in [0.29, 0.717) is 11.5 Å². The lowest BCUT2D eigenvalue weighted by atomic mass is 9.78. The van der Waals surface area contributed by atoms with Crippen LogP contribution >= 0.6 is 0 Å². The molecule has 0 aliphatic rings. The zero-order chi connectivity index (χ0) is 29.7. The van der Waals surface area contributed by atoms with Crippen LogP contribution in [0.2, 0.25) is 0 Å². The molecule has 0 bridgehead atoms. The number of hydrogen-bond acceptors (Lipinski definition) is 2. The third-order valence-electron chi connectivity index (χ3n) is 7.21. The topological polar surface area (TPSA) is 40.5 Å². The third kappa shape index (κ3) is 9.65. The maximum absolute atomic E-state index is 10.6. The summed E-state index contributed by atoms with van der Waals surface area (Å²) in [6.45, 7) is 30.4. The molecule has 2 nitrogen and oxygen atoms in total. The maximum atomic E-state index is 10.6. The average molecular weight is 525 g/mol. The van der Waals surface area contributed by atoms with Crippen molar-refractivity contribution in [2.24, 2.45) is 0 Å². The minimum atomic E-state index is -0.0215. The van der Waals surface area contributed by atoms with Gasteiger partial charge in [0.05, 0.1) is 0 Å². The van der Waals surface area contributed by atoms with E-state index in [2.05, 4.69) is 121 Å². The number of rotatable bonds is 6. The fraction of sp³-hybridized carbons (Fsp3) is 0.667. The van der Waals surface area contributed by atoms with Gasteiger partial charge in [0.15, 0.2) is 0 Å². The molecule has 0 saturated heterocycles. The third-order valence-corrected chi connectivity index (χ3v) is 7.21. The van der Waals surface area contributed by atoms with Gasteiger partial charge in [0.1, 0.15) is 11.5 Å². The quantitative estimate of drug-likeness (QED) is 0.394. The minimum Gasteiger partial charge on any atom is -0.507 e. The van der Waals surface area contributed by atoms with E-state index in [9.17, 15) is 10.2 Å². The summed E-state index contributed by atoms with van der Waals surface area (Å²) in [5.41, 5.74) is 6.93. The summed E-state index contributed by atoms with van der Waals surface area (Å²) < 4.78 is 0. The number of aryl methyl sites for hydroxylation is 2. The lowest BCUT2D eigenvalue weighted by molar-refractivity contribution is 0.421. The molecule has 0 amide bonds. The Labute approximate surface area is 236 Å². The molecule has 0 atom stereocenters. The van der Waals surface area contributed by atoms with Crippen LogP contribution in [0.1, 0.15) is 156 Å². The fourth-order valence-corrected chi connectivity index (χ4v) is 4.73. The van der Waals surface area contributed by atoms with Crippen LogP contribution in [-0.4, -0.2) is 10.2 Å². The van der Waals surface area contributed by atoms with E-state index in [4.69, 9.17) is 0 Å². The van der Waals surface area contributed by atoms with E-state index in [1.165, 1.54) is 36.8 Å². The molecule has 0 unspecified atom stereocenters. The van der Waals surface area contributed by atoms with Crippen LogP contribution in [-0.2, 0) is 34.5 Å². The Morgan fingerprint density at radius 2 is 0.658 bits per heavy atom. The summed E-state index contributed by atoms with van der Waals surface area (Å²) >= 11 is 0. The molecule has 0 fully saturated rings. The van der Waals surface area contributed by atoms with E-state index in [0.717, 1.165) is 35.1 Å². The van der Waals surface area contributed by atoms with Crippen molar-refractivity contribution in [3.63, 3.8) is 0 Å². The standard InChI is InChI=1S/2C18H30O/c2*1-8-9-10-13-11-14(17(2,3)4)16(19)15(12-13)18(5,6)7/h2*11-12,19H,8-10H2,1-7H3. The zero-order valence-electron chi connectivity index (χ0n) is 27.4. The lowest BCUT2D eigenvalue weighted by Crippen LogP contribution is -2.18. The zero-order valence-corrected chi connectivity index (χ0v) is 27.4. The normalized spacial score (nSPS) is 12.8. The molecule has 0 aliphatic heterocycles. The van der Waals surface area contributed by atoms with Crippen LogP contribution in [0.5, 0.6) is 11.5 Å². The molecule has 0 radical (unpaired) electrons. The molecule has 2 aromatic carbocycles. The summed E-state index contributed by atoms with van der Waals surface area (Å²) in [6.07, 6.45) is 7.02. The van der Waals surface area contributed by atoms with E-state index in [1.807, 2.05) is 0 Å². The van der Waals surface area contributed by atoms with Gasteiger partial charge in [0, 0.05) is 0 Å². The molecule has 216 valence electrons. The Morgan fingerprint density at radius 1 is 0.447 bits per heavy atom. The van der Waals surface area contributed by atoms with Crippen LogP contribution in [0, 0.1) is 0 Å². The maximum Gasteiger partial charge on any atom is 0.123 e. The van der Waals surface area contributed by atoms with Crippen molar-refractivity contribution in [2.75, 3.05) is 0 Å². The molecule has 0 saturated carbocycles. The molecule has 2 N–H and O–H groups in total. The smallest absolute Gasteiger partial charge is 0.123 e. The molecule has 0 aliphatic carbocycles. The van der Waals surface area contributed by atoms with Crippen molar-refractivity contribution in [3.05, 3.63) is 57.6 Å². The highest BCUT2D eigenvalue weighted by Crippen LogP contribution is 2.41. The Bertz CT molecular complexity index is 875. The van der Waals surface area contributed by atoms with E-state index >= 15 is 0 Å². The largest absolute Gasteiger partial charge is 0.507 e. The molecule has 0 spiro atoms. The number of benzene rings is 2.